The van der Waals surface area contributed by atoms with Crippen molar-refractivity contribution in [1.29, 1.82) is 0 Å². The van der Waals surface area contributed by atoms with Crippen LogP contribution in [0.1, 0.15) is 27.7 Å². The van der Waals surface area contributed by atoms with Gasteiger partial charge in [-0.05, 0) is 0 Å². The van der Waals surface area contributed by atoms with Gasteiger partial charge in [-0.1, -0.05) is 73.7 Å². The zero-order valence-electron chi connectivity index (χ0n) is 12.2. The van der Waals surface area contributed by atoms with Crippen LogP contribution in [0.15, 0.2) is 0 Å². The SMILES string of the molecule is CCN(CC)[P](Cl)(N(CC)CC)C(Cl)(Cl)Cl.[O-][Cl+3]([O-])([O-])[O-]. The molecule has 0 atom stereocenters. The lowest BCUT2D eigenvalue weighted by Crippen LogP contribution is -2.68. The van der Waals surface area contributed by atoms with E-state index in [2.05, 4.69) is 9.34 Å². The molecule has 0 rings (SSSR count). The Kier molecular flexibility index (Phi) is 12.4. The first-order chi connectivity index (χ1) is 9.29. The number of rotatable bonds is 6. The van der Waals surface area contributed by atoms with Gasteiger partial charge in [-0.3, -0.25) is 9.34 Å². The Hall–Kier alpha value is 1.64. The Labute approximate surface area is 148 Å². The highest BCUT2D eigenvalue weighted by molar-refractivity contribution is 8.00. The average molecular weight is 429 g/mol. The molecule has 0 aromatic heterocycles. The molecular weight excluding hydrogens is 408 g/mol. The second kappa shape index (κ2) is 10.5. The number of halogens is 5. The fourth-order valence-corrected chi connectivity index (χ4v) is 7.40. The van der Waals surface area contributed by atoms with Crippen LogP contribution >= 0.6 is 53.0 Å². The van der Waals surface area contributed by atoms with Crippen molar-refractivity contribution in [3.8, 4) is 0 Å². The summed E-state index contributed by atoms with van der Waals surface area (Å²) in [5.41, 5.74) is 0. The highest BCUT2D eigenvalue weighted by Gasteiger charge is 2.52. The minimum absolute atomic E-state index is 0.776. The fraction of sp³-hybridized carbons (Fsp3) is 1.00. The maximum atomic E-state index is 8.49. The largest absolute Gasteiger partial charge is 0.260 e. The van der Waals surface area contributed by atoms with Gasteiger partial charge in [0.05, 0.1) is 0 Å². The molecule has 0 heterocycles. The Balaban J connectivity index is 0. The first-order valence-corrected chi connectivity index (χ1v) is 11.0. The third kappa shape index (κ3) is 8.89. The molecule has 0 unspecified atom stereocenters. The summed E-state index contributed by atoms with van der Waals surface area (Å²) in [6.45, 7) is 8.78. The molecule has 131 valence electrons. The van der Waals surface area contributed by atoms with Crippen LogP contribution in [0.3, 0.4) is 0 Å². The molecule has 21 heavy (non-hydrogen) atoms. The average Bonchev–Trinajstić information content (AvgIpc) is 2.28. The normalized spacial score (nSPS) is 13.4. The summed E-state index contributed by atoms with van der Waals surface area (Å²) in [5.74, 6) is 0. The van der Waals surface area contributed by atoms with Crippen molar-refractivity contribution in [3.05, 3.63) is 0 Å². The number of alkyl halides is 3. The van der Waals surface area contributed by atoms with E-state index in [1.54, 1.807) is 0 Å². The van der Waals surface area contributed by atoms with Gasteiger partial charge >= 0.3 is 0 Å². The molecule has 1 radical (unpaired) electrons. The number of hydrogen-bond acceptors (Lipinski definition) is 6. The summed E-state index contributed by atoms with van der Waals surface area (Å²) in [6.07, 6.45) is 0. The van der Waals surface area contributed by atoms with Crippen molar-refractivity contribution < 1.29 is 28.9 Å². The van der Waals surface area contributed by atoms with Gasteiger partial charge in [0.15, 0.2) is 0 Å². The fourth-order valence-electron chi connectivity index (χ4n) is 1.70. The van der Waals surface area contributed by atoms with Gasteiger partial charge in [0, 0.05) is 26.2 Å². The van der Waals surface area contributed by atoms with Crippen molar-refractivity contribution in [3.63, 3.8) is 0 Å². The van der Waals surface area contributed by atoms with E-state index in [0.717, 1.165) is 26.2 Å². The van der Waals surface area contributed by atoms with Gasteiger partial charge in [-0.25, -0.2) is 18.6 Å². The van der Waals surface area contributed by atoms with Gasteiger partial charge in [0.1, 0.15) is 6.92 Å². The molecule has 0 bridgehead atoms. The van der Waals surface area contributed by atoms with Crippen molar-refractivity contribution in [2.75, 3.05) is 26.2 Å². The van der Waals surface area contributed by atoms with Crippen LogP contribution in [0.25, 0.3) is 0 Å². The van der Waals surface area contributed by atoms with Crippen LogP contribution < -0.4 is 18.6 Å². The van der Waals surface area contributed by atoms with E-state index < -0.39 is 20.7 Å². The lowest BCUT2D eigenvalue weighted by atomic mass is 10.7. The van der Waals surface area contributed by atoms with Gasteiger partial charge in [-0.15, -0.1) is 10.2 Å². The van der Waals surface area contributed by atoms with E-state index in [1.807, 2.05) is 27.7 Å². The third-order valence-electron chi connectivity index (χ3n) is 2.53. The highest BCUT2D eigenvalue weighted by atomic mass is 35.7. The Morgan fingerprint density at radius 2 is 1.00 bits per heavy atom. The smallest absolute Gasteiger partial charge is 0.244 e. The van der Waals surface area contributed by atoms with Crippen molar-refractivity contribution in [2.45, 2.75) is 31.2 Å². The summed E-state index contributed by atoms with van der Waals surface area (Å²) in [4.78, 5) is 0. The lowest BCUT2D eigenvalue weighted by Gasteiger charge is -2.50. The lowest BCUT2D eigenvalue weighted by molar-refractivity contribution is -2.00. The molecule has 0 aromatic rings. The van der Waals surface area contributed by atoms with Gasteiger partial charge in [0.25, 0.3) is 0 Å². The highest BCUT2D eigenvalue weighted by Crippen LogP contribution is 2.81. The third-order valence-corrected chi connectivity index (χ3v) is 10.8. The van der Waals surface area contributed by atoms with E-state index in [4.69, 9.17) is 64.7 Å². The quantitative estimate of drug-likeness (QED) is 0.444. The second-order valence-electron chi connectivity index (χ2n) is 3.65. The monoisotopic (exact) mass is 426 g/mol. The molecule has 0 saturated heterocycles. The van der Waals surface area contributed by atoms with Crippen LogP contribution in [-0.4, -0.2) is 39.1 Å². The van der Waals surface area contributed by atoms with Crippen molar-refractivity contribution in [2.24, 2.45) is 0 Å². The molecule has 0 aromatic carbocycles. The van der Waals surface area contributed by atoms with E-state index >= 15 is 0 Å². The number of nitrogens with zero attached hydrogens (tertiary/aromatic N) is 2. The van der Waals surface area contributed by atoms with E-state index in [1.165, 1.54) is 0 Å². The molecule has 0 saturated carbocycles. The maximum Gasteiger partial charge on any atom is 0.244 e. The summed E-state index contributed by atoms with van der Waals surface area (Å²) in [7, 11) is -4.94. The van der Waals surface area contributed by atoms with Crippen LogP contribution in [0, 0.1) is 10.2 Å². The molecule has 12 heteroatoms. The summed E-state index contributed by atoms with van der Waals surface area (Å²) >= 11 is 25.0. The molecule has 6 nitrogen and oxygen atoms in total. The molecule has 0 spiro atoms. The summed E-state index contributed by atoms with van der Waals surface area (Å²) in [5, 5.41) is 0. The van der Waals surface area contributed by atoms with Gasteiger partial charge in [-0.2, -0.15) is 0 Å². The standard InChI is InChI=1S/C9H20Cl4N2P.ClHO4/c1-5-14(6-2)16(13,9(10,11)12)15(7-3)8-4;2-1(3,4)5/h5-8H2,1-4H3;(H,2,3,4,5)/p-1. The van der Waals surface area contributed by atoms with Crippen LogP contribution in [0.5, 0.6) is 0 Å². The van der Waals surface area contributed by atoms with Gasteiger partial charge in [0.2, 0.25) is 3.53 Å². The summed E-state index contributed by atoms with van der Waals surface area (Å²) in [6, 6.07) is 0. The van der Waals surface area contributed by atoms with Crippen molar-refractivity contribution in [1.82, 2.24) is 9.34 Å². The minimum Gasteiger partial charge on any atom is -0.260 e. The second-order valence-corrected chi connectivity index (χ2v) is 11.7. The summed E-state index contributed by atoms with van der Waals surface area (Å²) < 4.78 is 36.6. The van der Waals surface area contributed by atoms with Crippen molar-refractivity contribution >= 4 is 53.0 Å². The molecule has 0 aliphatic carbocycles. The van der Waals surface area contributed by atoms with Gasteiger partial charge < -0.3 is 0 Å². The first kappa shape index (κ1) is 24.9. The Morgan fingerprint density at radius 3 is 1.10 bits per heavy atom. The Bertz CT molecular complexity index is 264. The van der Waals surface area contributed by atoms with Crippen LogP contribution in [0.4, 0.5) is 0 Å². The number of hydrogen-bond donors (Lipinski definition) is 0. The topological polar surface area (TPSA) is 98.7 Å². The molecule has 0 fully saturated rings. The van der Waals surface area contributed by atoms with Crippen LogP contribution in [0.2, 0.25) is 0 Å². The zero-order valence-corrected chi connectivity index (χ0v) is 16.9. The zero-order chi connectivity index (χ0) is 17.5. The minimum atomic E-state index is -4.94. The molecule has 0 N–H and O–H groups in total. The van der Waals surface area contributed by atoms with E-state index in [9.17, 15) is 0 Å². The maximum absolute atomic E-state index is 8.49. The molecule has 0 aliphatic heterocycles. The van der Waals surface area contributed by atoms with E-state index in [0.29, 0.717) is 0 Å². The Morgan fingerprint density at radius 1 is 0.810 bits per heavy atom. The first-order valence-electron chi connectivity index (χ1n) is 6.07. The molecule has 0 aliphatic rings. The van der Waals surface area contributed by atoms with Crippen LogP contribution in [-0.2, 0) is 0 Å². The predicted octanol–water partition coefficient (Wildman–Crippen LogP) is 0.243. The predicted molar refractivity (Wildman–Crippen MR) is 78.9 cm³/mol. The molecule has 0 amide bonds. The van der Waals surface area contributed by atoms with E-state index in [-0.39, 0.29) is 0 Å². The molecular formula is C9H20Cl5N2O4P-.